The average Bonchev–Trinajstić information content (AvgIpc) is 3.12. The predicted octanol–water partition coefficient (Wildman–Crippen LogP) is 3.36. The summed E-state index contributed by atoms with van der Waals surface area (Å²) in [6, 6.07) is 9.51. The van der Waals surface area contributed by atoms with E-state index in [1.54, 1.807) is 25.3 Å². The number of nitrogens with zero attached hydrogens (tertiary/aromatic N) is 1. The third kappa shape index (κ3) is 5.45. The largest absolute Gasteiger partial charge is 0.478 e. The molecule has 140 valence electrons. The summed E-state index contributed by atoms with van der Waals surface area (Å²) in [6.45, 7) is 0.894. The Labute approximate surface area is 160 Å². The lowest BCUT2D eigenvalue weighted by molar-refractivity contribution is -0.117. The number of benzene rings is 1. The molecule has 2 N–H and O–H groups in total. The molecule has 0 aliphatic carbocycles. The van der Waals surface area contributed by atoms with Crippen molar-refractivity contribution in [3.63, 3.8) is 0 Å². The number of nitriles is 1. The summed E-state index contributed by atoms with van der Waals surface area (Å²) < 4.78 is 10.5. The lowest BCUT2D eigenvalue weighted by atomic mass is 10.1. The monoisotopic (exact) mass is 388 g/mol. The van der Waals surface area contributed by atoms with Gasteiger partial charge in [0.2, 0.25) is 0 Å². The minimum absolute atomic E-state index is 0.0455. The van der Waals surface area contributed by atoms with Crippen LogP contribution in [-0.4, -0.2) is 37.2 Å². The van der Waals surface area contributed by atoms with E-state index in [9.17, 15) is 14.9 Å². The van der Waals surface area contributed by atoms with Crippen molar-refractivity contribution in [2.24, 2.45) is 0 Å². The molecule has 0 unspecified atom stereocenters. The van der Waals surface area contributed by atoms with E-state index in [0.717, 1.165) is 0 Å². The van der Waals surface area contributed by atoms with E-state index in [1.165, 1.54) is 18.2 Å². The summed E-state index contributed by atoms with van der Waals surface area (Å²) in [5.74, 6) is -0.977. The van der Waals surface area contributed by atoms with Gasteiger partial charge < -0.3 is 19.6 Å². The van der Waals surface area contributed by atoms with Crippen LogP contribution >= 0.6 is 11.6 Å². The number of aromatic carboxylic acids is 1. The number of carbonyl (C=O) groups is 2. The number of methoxy groups -OCH3 is 1. The Balaban J connectivity index is 2.18. The molecule has 27 heavy (non-hydrogen) atoms. The van der Waals surface area contributed by atoms with Gasteiger partial charge in [-0.2, -0.15) is 5.26 Å². The maximum absolute atomic E-state index is 12.0. The van der Waals surface area contributed by atoms with Gasteiger partial charge in [0, 0.05) is 31.9 Å². The number of rotatable bonds is 8. The zero-order valence-electron chi connectivity index (χ0n) is 14.5. The molecule has 1 aromatic heterocycles. The van der Waals surface area contributed by atoms with Crippen LogP contribution in [0.5, 0.6) is 0 Å². The summed E-state index contributed by atoms with van der Waals surface area (Å²) in [7, 11) is 1.57. The van der Waals surface area contributed by atoms with Crippen molar-refractivity contribution >= 4 is 29.6 Å². The number of hydrogen-bond acceptors (Lipinski definition) is 5. The van der Waals surface area contributed by atoms with Crippen LogP contribution in [-0.2, 0) is 9.53 Å². The molecule has 0 fully saturated rings. The predicted molar refractivity (Wildman–Crippen MR) is 99.2 cm³/mol. The Morgan fingerprint density at radius 3 is 2.81 bits per heavy atom. The first-order valence-electron chi connectivity index (χ1n) is 7.98. The zero-order valence-corrected chi connectivity index (χ0v) is 15.2. The van der Waals surface area contributed by atoms with Crippen LogP contribution < -0.4 is 5.32 Å². The van der Waals surface area contributed by atoms with Gasteiger partial charge in [0.15, 0.2) is 0 Å². The standard InChI is InChI=1S/C19H17ClN2O5/c1-26-8-2-7-22-18(23)13(11-21)9-14-4-6-17(27-14)12-3-5-16(20)15(10-12)19(24)25/h3-6,9-10H,2,7-8H2,1H3,(H,22,23)(H,24,25)/b13-9+. The Hall–Kier alpha value is -3.08. The second kappa shape index (κ2) is 9.57. The van der Waals surface area contributed by atoms with Gasteiger partial charge in [-0.1, -0.05) is 11.6 Å². The molecular formula is C19H17ClN2O5. The molecule has 0 saturated carbocycles. The fourth-order valence-corrected chi connectivity index (χ4v) is 2.43. The van der Waals surface area contributed by atoms with Gasteiger partial charge in [0.1, 0.15) is 23.2 Å². The number of amides is 1. The number of carboxylic acids is 1. The number of nitrogens with one attached hydrogen (secondary N) is 1. The van der Waals surface area contributed by atoms with Crippen LogP contribution in [0, 0.1) is 11.3 Å². The summed E-state index contributed by atoms with van der Waals surface area (Å²) in [5, 5.41) is 21.1. The molecule has 8 heteroatoms. The van der Waals surface area contributed by atoms with Crippen molar-refractivity contribution in [3.8, 4) is 17.4 Å². The molecule has 0 saturated heterocycles. The molecule has 7 nitrogen and oxygen atoms in total. The second-order valence-electron chi connectivity index (χ2n) is 5.47. The number of halogens is 1. The number of carbonyl (C=O) groups excluding carboxylic acids is 1. The summed E-state index contributed by atoms with van der Waals surface area (Å²) >= 11 is 5.86. The highest BCUT2D eigenvalue weighted by Gasteiger charge is 2.13. The average molecular weight is 389 g/mol. The molecule has 0 bridgehead atoms. The van der Waals surface area contributed by atoms with Crippen molar-refractivity contribution in [2.45, 2.75) is 6.42 Å². The minimum Gasteiger partial charge on any atom is -0.478 e. The van der Waals surface area contributed by atoms with Crippen LogP contribution in [0.25, 0.3) is 17.4 Å². The first-order chi connectivity index (χ1) is 13.0. The van der Waals surface area contributed by atoms with Gasteiger partial charge >= 0.3 is 5.97 Å². The van der Waals surface area contributed by atoms with E-state index in [1.807, 2.05) is 6.07 Å². The normalized spacial score (nSPS) is 11.1. The SMILES string of the molecule is COCCCNC(=O)/C(C#N)=C/c1ccc(-c2ccc(Cl)c(C(=O)O)c2)o1. The number of ether oxygens (including phenoxy) is 1. The Morgan fingerprint density at radius 1 is 1.37 bits per heavy atom. The fourth-order valence-electron chi connectivity index (χ4n) is 2.23. The molecule has 0 radical (unpaired) electrons. The number of furan rings is 1. The van der Waals surface area contributed by atoms with Gasteiger partial charge in [-0.05, 0) is 36.8 Å². The highest BCUT2D eigenvalue weighted by atomic mass is 35.5. The van der Waals surface area contributed by atoms with Gasteiger partial charge in [0.25, 0.3) is 5.91 Å². The van der Waals surface area contributed by atoms with Crippen molar-refractivity contribution in [2.75, 3.05) is 20.3 Å². The molecule has 1 amide bonds. The van der Waals surface area contributed by atoms with Crippen LogP contribution in [0.15, 0.2) is 40.3 Å². The zero-order chi connectivity index (χ0) is 19.8. The number of hydrogen-bond donors (Lipinski definition) is 2. The van der Waals surface area contributed by atoms with E-state index in [4.69, 9.17) is 25.9 Å². The van der Waals surface area contributed by atoms with Crippen LogP contribution in [0.3, 0.4) is 0 Å². The quantitative estimate of drug-likeness (QED) is 0.407. The first-order valence-corrected chi connectivity index (χ1v) is 8.36. The van der Waals surface area contributed by atoms with Crippen molar-refractivity contribution < 1.29 is 23.8 Å². The molecule has 0 aliphatic heterocycles. The van der Waals surface area contributed by atoms with E-state index in [-0.39, 0.29) is 16.2 Å². The van der Waals surface area contributed by atoms with E-state index in [2.05, 4.69) is 5.32 Å². The number of carboxylic acid groups (broad SMARTS) is 1. The third-order valence-corrected chi connectivity index (χ3v) is 3.90. The minimum atomic E-state index is -1.15. The third-order valence-electron chi connectivity index (χ3n) is 3.57. The van der Waals surface area contributed by atoms with Crippen LogP contribution in [0.4, 0.5) is 0 Å². The van der Waals surface area contributed by atoms with Crippen LogP contribution in [0.1, 0.15) is 22.5 Å². The fraction of sp³-hybridized carbons (Fsp3) is 0.211. The van der Waals surface area contributed by atoms with Gasteiger partial charge in [-0.3, -0.25) is 4.79 Å². The van der Waals surface area contributed by atoms with Crippen molar-refractivity contribution in [1.82, 2.24) is 5.32 Å². The smallest absolute Gasteiger partial charge is 0.337 e. The van der Waals surface area contributed by atoms with E-state index >= 15 is 0 Å². The second-order valence-corrected chi connectivity index (χ2v) is 5.88. The van der Waals surface area contributed by atoms with Crippen LogP contribution in [0.2, 0.25) is 5.02 Å². The lowest BCUT2D eigenvalue weighted by Crippen LogP contribution is -2.26. The first kappa shape index (κ1) is 20.2. The molecule has 1 heterocycles. The summed E-state index contributed by atoms with van der Waals surface area (Å²) in [6.07, 6.45) is 1.96. The van der Waals surface area contributed by atoms with Gasteiger partial charge in [0.05, 0.1) is 10.6 Å². The topological polar surface area (TPSA) is 113 Å². The molecular weight excluding hydrogens is 372 g/mol. The maximum Gasteiger partial charge on any atom is 0.337 e. The molecule has 0 aliphatic rings. The van der Waals surface area contributed by atoms with Crippen molar-refractivity contribution in [3.05, 3.63) is 52.3 Å². The van der Waals surface area contributed by atoms with Crippen molar-refractivity contribution in [1.29, 1.82) is 5.26 Å². The Bertz CT molecular complexity index is 911. The summed E-state index contributed by atoms with van der Waals surface area (Å²) in [4.78, 5) is 23.2. The summed E-state index contributed by atoms with van der Waals surface area (Å²) in [5.41, 5.74) is 0.366. The van der Waals surface area contributed by atoms with Gasteiger partial charge in [-0.15, -0.1) is 0 Å². The van der Waals surface area contributed by atoms with E-state index in [0.29, 0.717) is 36.7 Å². The highest BCUT2D eigenvalue weighted by molar-refractivity contribution is 6.33. The molecule has 0 atom stereocenters. The molecule has 2 rings (SSSR count). The molecule has 2 aromatic rings. The Kier molecular flexibility index (Phi) is 7.17. The maximum atomic E-state index is 12.0. The Morgan fingerprint density at radius 2 is 2.15 bits per heavy atom. The lowest BCUT2D eigenvalue weighted by Gasteiger charge is -2.03. The highest BCUT2D eigenvalue weighted by Crippen LogP contribution is 2.27. The van der Waals surface area contributed by atoms with Gasteiger partial charge in [-0.25, -0.2) is 4.79 Å². The van der Waals surface area contributed by atoms with E-state index < -0.39 is 11.9 Å². The molecule has 1 aromatic carbocycles. The molecule has 0 spiro atoms.